The summed E-state index contributed by atoms with van der Waals surface area (Å²) in [6, 6.07) is 2.95. The van der Waals surface area contributed by atoms with Gasteiger partial charge in [-0.05, 0) is 40.3 Å². The maximum Gasteiger partial charge on any atom is 0.167 e. The molecule has 0 fully saturated rings. The van der Waals surface area contributed by atoms with Crippen molar-refractivity contribution in [2.24, 2.45) is 0 Å². The molecule has 0 unspecified atom stereocenters. The van der Waals surface area contributed by atoms with Crippen LogP contribution in [0.5, 0.6) is 5.75 Å². The predicted octanol–water partition coefficient (Wildman–Crippen LogP) is 1.93. The summed E-state index contributed by atoms with van der Waals surface area (Å²) in [5, 5.41) is 8.74. The summed E-state index contributed by atoms with van der Waals surface area (Å²) in [4.78, 5) is 0. The number of hydrogen-bond acceptors (Lipinski definition) is 2. The highest BCUT2D eigenvalue weighted by atomic mass is 127. The standard InChI is InChI=1S/C8H8FIO2/c1-12-8-6(9)2-5(4-11)3-7(8)10/h2-3,11H,4H2,1H3. The molecule has 1 N–H and O–H groups in total. The van der Waals surface area contributed by atoms with Gasteiger partial charge in [0.2, 0.25) is 0 Å². The summed E-state index contributed by atoms with van der Waals surface area (Å²) in [5.74, 6) is -0.207. The van der Waals surface area contributed by atoms with Gasteiger partial charge in [0, 0.05) is 0 Å². The third-order valence-corrected chi connectivity index (χ3v) is 2.25. The summed E-state index contributed by atoms with van der Waals surface area (Å²) in [5.41, 5.74) is 0.553. The lowest BCUT2D eigenvalue weighted by molar-refractivity contribution is 0.280. The molecule has 0 amide bonds. The van der Waals surface area contributed by atoms with Crippen LogP contribution >= 0.6 is 22.6 Å². The van der Waals surface area contributed by atoms with Crippen molar-refractivity contribution in [1.82, 2.24) is 0 Å². The Morgan fingerprint density at radius 1 is 1.58 bits per heavy atom. The first kappa shape index (κ1) is 9.73. The van der Waals surface area contributed by atoms with Gasteiger partial charge in [0.1, 0.15) is 0 Å². The van der Waals surface area contributed by atoms with Crippen LogP contribution in [0.3, 0.4) is 0 Å². The third-order valence-electron chi connectivity index (χ3n) is 1.44. The van der Waals surface area contributed by atoms with Crippen LogP contribution in [0, 0.1) is 9.39 Å². The Morgan fingerprint density at radius 2 is 2.25 bits per heavy atom. The maximum atomic E-state index is 13.1. The number of hydrogen-bond donors (Lipinski definition) is 1. The first-order valence-electron chi connectivity index (χ1n) is 3.31. The second-order valence-electron chi connectivity index (χ2n) is 2.25. The molecule has 0 saturated carbocycles. The van der Waals surface area contributed by atoms with Crippen molar-refractivity contribution in [3.05, 3.63) is 27.1 Å². The Kier molecular flexibility index (Phi) is 3.28. The lowest BCUT2D eigenvalue weighted by atomic mass is 10.2. The molecule has 2 nitrogen and oxygen atoms in total. The van der Waals surface area contributed by atoms with E-state index in [0.29, 0.717) is 9.13 Å². The van der Waals surface area contributed by atoms with E-state index >= 15 is 0 Å². The van der Waals surface area contributed by atoms with Gasteiger partial charge >= 0.3 is 0 Å². The van der Waals surface area contributed by atoms with Gasteiger partial charge in [-0.25, -0.2) is 4.39 Å². The number of ether oxygens (including phenoxy) is 1. The van der Waals surface area contributed by atoms with Crippen LogP contribution in [0.1, 0.15) is 5.56 Å². The van der Waals surface area contributed by atoms with Crippen molar-refractivity contribution in [2.75, 3.05) is 7.11 Å². The van der Waals surface area contributed by atoms with E-state index < -0.39 is 5.82 Å². The van der Waals surface area contributed by atoms with Gasteiger partial charge in [-0.1, -0.05) is 0 Å². The molecular formula is C8H8FIO2. The lowest BCUT2D eigenvalue weighted by Crippen LogP contribution is -1.94. The van der Waals surface area contributed by atoms with E-state index in [1.807, 2.05) is 22.6 Å². The second-order valence-corrected chi connectivity index (χ2v) is 3.41. The summed E-state index contributed by atoms with van der Waals surface area (Å²) in [6.45, 7) is -0.156. The molecule has 66 valence electrons. The Bertz CT molecular complexity index is 265. The molecule has 0 aliphatic carbocycles. The molecule has 0 bridgehead atoms. The normalized spacial score (nSPS) is 10.0. The zero-order valence-corrected chi connectivity index (χ0v) is 8.63. The highest BCUT2D eigenvalue weighted by molar-refractivity contribution is 14.1. The van der Waals surface area contributed by atoms with E-state index in [9.17, 15) is 4.39 Å². The first-order valence-corrected chi connectivity index (χ1v) is 4.39. The van der Waals surface area contributed by atoms with E-state index in [0.717, 1.165) is 0 Å². The molecule has 0 atom stereocenters. The van der Waals surface area contributed by atoms with Gasteiger partial charge in [0.15, 0.2) is 11.6 Å². The Hall–Kier alpha value is -0.360. The molecule has 0 heterocycles. The van der Waals surface area contributed by atoms with Crippen molar-refractivity contribution in [2.45, 2.75) is 6.61 Å². The average molecular weight is 282 g/mol. The highest BCUT2D eigenvalue weighted by Crippen LogP contribution is 2.25. The topological polar surface area (TPSA) is 29.5 Å². The van der Waals surface area contributed by atoms with Crippen molar-refractivity contribution in [3.63, 3.8) is 0 Å². The largest absolute Gasteiger partial charge is 0.493 e. The van der Waals surface area contributed by atoms with E-state index in [-0.39, 0.29) is 12.4 Å². The summed E-state index contributed by atoms with van der Waals surface area (Å²) >= 11 is 1.96. The number of benzene rings is 1. The molecular weight excluding hydrogens is 274 g/mol. The van der Waals surface area contributed by atoms with Crippen LogP contribution in [-0.4, -0.2) is 12.2 Å². The van der Waals surface area contributed by atoms with Crippen LogP contribution in [-0.2, 0) is 6.61 Å². The maximum absolute atomic E-state index is 13.1. The fraction of sp³-hybridized carbons (Fsp3) is 0.250. The predicted molar refractivity (Wildman–Crippen MR) is 51.6 cm³/mol. The fourth-order valence-electron chi connectivity index (χ4n) is 0.899. The molecule has 12 heavy (non-hydrogen) atoms. The Balaban J connectivity index is 3.18. The van der Waals surface area contributed by atoms with Gasteiger partial charge in [0.25, 0.3) is 0 Å². The fourth-order valence-corrected chi connectivity index (χ4v) is 1.78. The van der Waals surface area contributed by atoms with E-state index in [1.54, 1.807) is 6.07 Å². The molecule has 0 aliphatic rings. The molecule has 4 heteroatoms. The number of methoxy groups -OCH3 is 1. The van der Waals surface area contributed by atoms with Gasteiger partial charge < -0.3 is 9.84 Å². The van der Waals surface area contributed by atoms with Crippen LogP contribution in [0.4, 0.5) is 4.39 Å². The third kappa shape index (κ3) is 1.87. The number of aliphatic hydroxyl groups is 1. The smallest absolute Gasteiger partial charge is 0.167 e. The van der Waals surface area contributed by atoms with E-state index in [1.165, 1.54) is 13.2 Å². The second kappa shape index (κ2) is 4.04. The lowest BCUT2D eigenvalue weighted by Gasteiger charge is -2.05. The highest BCUT2D eigenvalue weighted by Gasteiger charge is 2.08. The summed E-state index contributed by atoms with van der Waals surface area (Å²) < 4.78 is 18.5. The first-order chi connectivity index (χ1) is 5.69. The summed E-state index contributed by atoms with van der Waals surface area (Å²) in [7, 11) is 1.42. The monoisotopic (exact) mass is 282 g/mol. The minimum Gasteiger partial charge on any atom is -0.493 e. The molecule has 1 aromatic rings. The minimum atomic E-state index is -0.437. The molecule has 0 aromatic heterocycles. The van der Waals surface area contributed by atoms with Gasteiger partial charge in [-0.3, -0.25) is 0 Å². The van der Waals surface area contributed by atoms with Crippen LogP contribution in [0.2, 0.25) is 0 Å². The molecule has 0 aliphatic heterocycles. The van der Waals surface area contributed by atoms with Crippen LogP contribution < -0.4 is 4.74 Å². The van der Waals surface area contributed by atoms with E-state index in [4.69, 9.17) is 9.84 Å². The Labute approximate surface area is 83.5 Å². The molecule has 1 rings (SSSR count). The molecule has 1 aromatic carbocycles. The van der Waals surface area contributed by atoms with Crippen molar-refractivity contribution >= 4 is 22.6 Å². The number of aliphatic hydroxyl groups excluding tert-OH is 1. The molecule has 0 saturated heterocycles. The van der Waals surface area contributed by atoms with Gasteiger partial charge in [0.05, 0.1) is 17.3 Å². The van der Waals surface area contributed by atoms with Gasteiger partial charge in [-0.2, -0.15) is 0 Å². The zero-order chi connectivity index (χ0) is 9.14. The zero-order valence-electron chi connectivity index (χ0n) is 6.47. The quantitative estimate of drug-likeness (QED) is 0.840. The van der Waals surface area contributed by atoms with Crippen LogP contribution in [0.25, 0.3) is 0 Å². The molecule has 0 spiro atoms. The number of rotatable bonds is 2. The van der Waals surface area contributed by atoms with Crippen molar-refractivity contribution < 1.29 is 14.2 Å². The SMILES string of the molecule is COc1c(F)cc(CO)cc1I. The average Bonchev–Trinajstić information content (AvgIpc) is 2.03. The summed E-state index contributed by atoms with van der Waals surface area (Å²) in [6.07, 6.45) is 0. The molecule has 0 radical (unpaired) electrons. The van der Waals surface area contributed by atoms with Crippen molar-refractivity contribution in [3.8, 4) is 5.75 Å². The minimum absolute atomic E-state index is 0.156. The Morgan fingerprint density at radius 3 is 2.67 bits per heavy atom. The number of halogens is 2. The van der Waals surface area contributed by atoms with Crippen LogP contribution in [0.15, 0.2) is 12.1 Å². The van der Waals surface area contributed by atoms with Gasteiger partial charge in [-0.15, -0.1) is 0 Å². The van der Waals surface area contributed by atoms with E-state index in [2.05, 4.69) is 0 Å². The van der Waals surface area contributed by atoms with Crippen molar-refractivity contribution in [1.29, 1.82) is 0 Å².